The molecule has 0 radical (unpaired) electrons. The fourth-order valence-corrected chi connectivity index (χ4v) is 7.89. The molecule has 1 aromatic rings. The summed E-state index contributed by atoms with van der Waals surface area (Å²) in [7, 11) is 0. The van der Waals surface area contributed by atoms with Gasteiger partial charge in [-0.3, -0.25) is 15.0 Å². The van der Waals surface area contributed by atoms with E-state index in [1.54, 1.807) is 6.08 Å². The summed E-state index contributed by atoms with van der Waals surface area (Å²) < 4.78 is 6.75. The van der Waals surface area contributed by atoms with Crippen LogP contribution in [0.25, 0.3) is 6.08 Å². The fourth-order valence-electron chi connectivity index (χ4n) is 6.20. The van der Waals surface area contributed by atoms with Gasteiger partial charge >= 0.3 is 0 Å². The lowest BCUT2D eigenvalue weighted by Crippen LogP contribution is -2.57. The van der Waals surface area contributed by atoms with Gasteiger partial charge in [0, 0.05) is 0 Å². The Kier molecular flexibility index (Phi) is 5.67. The van der Waals surface area contributed by atoms with Gasteiger partial charge in [-0.1, -0.05) is 17.8 Å². The first-order valence-corrected chi connectivity index (χ1v) is 12.9. The van der Waals surface area contributed by atoms with E-state index in [2.05, 4.69) is 21.4 Å². The van der Waals surface area contributed by atoms with Gasteiger partial charge in [0.15, 0.2) is 4.32 Å². The zero-order valence-corrected chi connectivity index (χ0v) is 20.6. The third kappa shape index (κ3) is 3.95. The van der Waals surface area contributed by atoms with Crippen LogP contribution in [0.15, 0.2) is 27.6 Å². The highest BCUT2D eigenvalue weighted by atomic mass is 79.9. The van der Waals surface area contributed by atoms with Crippen LogP contribution in [0.1, 0.15) is 51.0 Å². The molecule has 0 atom stereocenters. The van der Waals surface area contributed by atoms with Gasteiger partial charge in [-0.05, 0) is 115 Å². The van der Waals surface area contributed by atoms with E-state index in [0.717, 1.165) is 35.0 Å². The minimum absolute atomic E-state index is 0.0204. The Morgan fingerprint density at radius 1 is 1.29 bits per heavy atom. The van der Waals surface area contributed by atoms with Crippen LogP contribution in [0, 0.1) is 23.2 Å². The standard InChI is InChI=1S/C23H25BrN2O3S2/c1-2-29-18-4-3-13(8-17(18)24)9-19-20(27)26(22(30)31-19)25-21(28)23-10-14-5-15(11-23)7-16(6-14)12-23/h3-4,8-9,14-16H,2,5-7,10-12H2,1H3,(H,25,28)/b19-9-. The van der Waals surface area contributed by atoms with Crippen LogP contribution in [0.5, 0.6) is 5.75 Å². The number of hydrazine groups is 1. The third-order valence-electron chi connectivity index (χ3n) is 7.08. The normalized spacial score (nSPS) is 32.8. The molecule has 6 rings (SSSR count). The number of hydrogen-bond acceptors (Lipinski definition) is 5. The number of amides is 2. The number of thiocarbonyl (C=S) groups is 1. The van der Waals surface area contributed by atoms with Crippen molar-refractivity contribution in [1.29, 1.82) is 0 Å². The van der Waals surface area contributed by atoms with Crippen molar-refractivity contribution in [2.75, 3.05) is 6.61 Å². The molecule has 4 saturated carbocycles. The average molecular weight is 522 g/mol. The number of hydrogen-bond donors (Lipinski definition) is 1. The zero-order valence-electron chi connectivity index (χ0n) is 17.4. The van der Waals surface area contributed by atoms with Crippen molar-refractivity contribution in [2.45, 2.75) is 45.4 Å². The SMILES string of the molecule is CCOc1ccc(/C=C2\SC(=S)N(NC(=O)C34CC5CC(CC(C5)C3)C4)C2=O)cc1Br. The highest BCUT2D eigenvalue weighted by Crippen LogP contribution is 2.60. The highest BCUT2D eigenvalue weighted by molar-refractivity contribution is 9.10. The van der Waals surface area contributed by atoms with Crippen LogP contribution in [-0.4, -0.2) is 27.8 Å². The monoisotopic (exact) mass is 520 g/mol. The van der Waals surface area contributed by atoms with Crippen LogP contribution in [0.2, 0.25) is 0 Å². The molecule has 5 nitrogen and oxygen atoms in total. The predicted molar refractivity (Wildman–Crippen MR) is 129 cm³/mol. The molecule has 4 bridgehead atoms. The quantitative estimate of drug-likeness (QED) is 0.421. The highest BCUT2D eigenvalue weighted by Gasteiger charge is 2.55. The Bertz CT molecular complexity index is 958. The second kappa shape index (κ2) is 8.19. The third-order valence-corrected chi connectivity index (χ3v) is 9.00. The maximum Gasteiger partial charge on any atom is 0.285 e. The number of carbonyl (C=O) groups excluding carboxylic acids is 2. The Morgan fingerprint density at radius 2 is 1.94 bits per heavy atom. The number of benzene rings is 1. The minimum atomic E-state index is -0.318. The lowest BCUT2D eigenvalue weighted by molar-refractivity contribution is -0.152. The molecule has 5 aliphatic rings. The summed E-state index contributed by atoms with van der Waals surface area (Å²) in [6.45, 7) is 2.52. The van der Waals surface area contributed by atoms with Crippen LogP contribution in [0.4, 0.5) is 0 Å². The summed E-state index contributed by atoms with van der Waals surface area (Å²) in [6.07, 6.45) is 8.48. The minimum Gasteiger partial charge on any atom is -0.493 e. The molecular weight excluding hydrogens is 496 g/mol. The van der Waals surface area contributed by atoms with Crippen LogP contribution < -0.4 is 10.2 Å². The number of halogens is 1. The summed E-state index contributed by atoms with van der Waals surface area (Å²) in [5, 5.41) is 1.27. The van der Waals surface area contributed by atoms with Gasteiger partial charge in [0.05, 0.1) is 21.4 Å². The topological polar surface area (TPSA) is 58.6 Å². The number of nitrogens with one attached hydrogen (secondary N) is 1. The molecule has 31 heavy (non-hydrogen) atoms. The molecule has 1 N–H and O–H groups in total. The van der Waals surface area contributed by atoms with Crippen LogP contribution in [-0.2, 0) is 9.59 Å². The Balaban J connectivity index is 1.31. The molecular formula is C23H25BrN2O3S2. The number of rotatable bonds is 5. The van der Waals surface area contributed by atoms with Crippen molar-refractivity contribution < 1.29 is 14.3 Å². The molecule has 8 heteroatoms. The van der Waals surface area contributed by atoms with Gasteiger partial charge in [0.2, 0.25) is 5.91 Å². The molecule has 0 aromatic heterocycles. The van der Waals surface area contributed by atoms with Crippen LogP contribution >= 0.6 is 39.9 Å². The largest absolute Gasteiger partial charge is 0.493 e. The van der Waals surface area contributed by atoms with E-state index < -0.39 is 0 Å². The average Bonchev–Trinajstić information content (AvgIpc) is 2.96. The van der Waals surface area contributed by atoms with E-state index in [9.17, 15) is 9.59 Å². The van der Waals surface area contributed by atoms with Crippen LogP contribution in [0.3, 0.4) is 0 Å². The second-order valence-corrected chi connectivity index (χ2v) is 11.8. The lowest BCUT2D eigenvalue weighted by Gasteiger charge is -2.55. The van der Waals surface area contributed by atoms with Gasteiger partial charge in [-0.15, -0.1) is 0 Å². The maximum absolute atomic E-state index is 13.3. The summed E-state index contributed by atoms with van der Waals surface area (Å²) in [5.74, 6) is 2.48. The molecule has 4 aliphatic carbocycles. The van der Waals surface area contributed by atoms with Gasteiger partial charge in [-0.25, -0.2) is 0 Å². The predicted octanol–water partition coefficient (Wildman–Crippen LogP) is 5.30. The van der Waals surface area contributed by atoms with Gasteiger partial charge in [0.25, 0.3) is 5.91 Å². The van der Waals surface area contributed by atoms with Crippen molar-refractivity contribution in [1.82, 2.24) is 10.4 Å². The molecule has 1 aliphatic heterocycles. The number of carbonyl (C=O) groups is 2. The molecule has 5 fully saturated rings. The van der Waals surface area contributed by atoms with E-state index in [0.29, 0.717) is 33.6 Å². The van der Waals surface area contributed by atoms with E-state index >= 15 is 0 Å². The summed E-state index contributed by atoms with van der Waals surface area (Å²) in [6, 6.07) is 5.68. The maximum atomic E-state index is 13.3. The fraction of sp³-hybridized carbons (Fsp3) is 0.522. The zero-order chi connectivity index (χ0) is 21.8. The van der Waals surface area contributed by atoms with Crippen molar-refractivity contribution in [2.24, 2.45) is 23.2 Å². The first-order valence-electron chi connectivity index (χ1n) is 10.9. The van der Waals surface area contributed by atoms with Gasteiger partial charge in [0.1, 0.15) is 5.75 Å². The van der Waals surface area contributed by atoms with Crippen molar-refractivity contribution in [3.63, 3.8) is 0 Å². The van der Waals surface area contributed by atoms with E-state index in [1.165, 1.54) is 36.0 Å². The summed E-state index contributed by atoms with van der Waals surface area (Å²) in [5.41, 5.74) is 3.45. The van der Waals surface area contributed by atoms with Crippen molar-refractivity contribution in [3.8, 4) is 5.75 Å². The molecule has 0 unspecified atom stereocenters. The van der Waals surface area contributed by atoms with E-state index in [4.69, 9.17) is 17.0 Å². The van der Waals surface area contributed by atoms with Gasteiger partial charge in [-0.2, -0.15) is 5.01 Å². The molecule has 1 aromatic carbocycles. The Morgan fingerprint density at radius 3 is 2.52 bits per heavy atom. The van der Waals surface area contributed by atoms with Crippen molar-refractivity contribution in [3.05, 3.63) is 33.1 Å². The Labute approximate surface area is 200 Å². The number of thioether (sulfide) groups is 1. The summed E-state index contributed by atoms with van der Waals surface area (Å²) >= 11 is 10.2. The summed E-state index contributed by atoms with van der Waals surface area (Å²) in [4.78, 5) is 26.9. The smallest absolute Gasteiger partial charge is 0.285 e. The second-order valence-electron chi connectivity index (χ2n) is 9.28. The van der Waals surface area contributed by atoms with Crippen molar-refractivity contribution >= 4 is 62.1 Å². The van der Waals surface area contributed by atoms with Gasteiger partial charge < -0.3 is 4.74 Å². The Hall–Kier alpha value is -1.38. The van der Waals surface area contributed by atoms with E-state index in [1.807, 2.05) is 25.1 Å². The lowest BCUT2D eigenvalue weighted by atomic mass is 9.49. The molecule has 2 amide bonds. The molecule has 1 saturated heterocycles. The first-order chi connectivity index (χ1) is 14.9. The molecule has 0 spiro atoms. The number of nitrogens with zero attached hydrogens (tertiary/aromatic N) is 1. The van der Waals surface area contributed by atoms with E-state index in [-0.39, 0.29) is 17.2 Å². The number of ether oxygens (including phenoxy) is 1. The molecule has 164 valence electrons. The molecule has 1 heterocycles. The first kappa shape index (κ1) is 21.5.